The Morgan fingerprint density at radius 1 is 1.25 bits per heavy atom. The predicted molar refractivity (Wildman–Crippen MR) is 94.7 cm³/mol. The summed E-state index contributed by atoms with van der Waals surface area (Å²) in [5.74, 6) is -0.413. The Hall–Kier alpha value is -2.56. The molecule has 1 aromatic carbocycles. The lowest BCUT2D eigenvalue weighted by atomic mass is 9.76. The van der Waals surface area contributed by atoms with Gasteiger partial charge in [0.15, 0.2) is 0 Å². The third-order valence-electron chi connectivity index (χ3n) is 4.50. The van der Waals surface area contributed by atoms with Crippen molar-refractivity contribution in [2.75, 3.05) is 7.11 Å². The molecule has 126 valence electrons. The maximum absolute atomic E-state index is 11.3. The molecule has 0 spiro atoms. The van der Waals surface area contributed by atoms with Gasteiger partial charge in [0.25, 0.3) is 0 Å². The van der Waals surface area contributed by atoms with Gasteiger partial charge in [-0.05, 0) is 55.5 Å². The Labute approximate surface area is 142 Å². The van der Waals surface area contributed by atoms with E-state index in [0.29, 0.717) is 5.56 Å². The Morgan fingerprint density at radius 2 is 1.92 bits per heavy atom. The van der Waals surface area contributed by atoms with E-state index in [-0.39, 0.29) is 5.41 Å². The maximum Gasteiger partial charge on any atom is 0.248 e. The first-order chi connectivity index (χ1) is 11.3. The number of carbonyl (C=O) groups excluding carboxylic acids is 1. The van der Waals surface area contributed by atoms with Gasteiger partial charge in [-0.15, -0.1) is 0 Å². The number of benzene rings is 1. The summed E-state index contributed by atoms with van der Waals surface area (Å²) >= 11 is 0. The highest BCUT2D eigenvalue weighted by molar-refractivity contribution is 6.03. The number of primary amides is 1. The number of hydrogen-bond donors (Lipinski definition) is 1. The Bertz CT molecular complexity index is 814. The molecule has 1 heterocycles. The van der Waals surface area contributed by atoms with Crippen molar-refractivity contribution >= 4 is 11.6 Å². The predicted octanol–water partition coefficient (Wildman–Crippen LogP) is 3.21. The summed E-state index contributed by atoms with van der Waals surface area (Å²) in [5, 5.41) is 4.25. The highest BCUT2D eigenvalue weighted by atomic mass is 16.6. The summed E-state index contributed by atoms with van der Waals surface area (Å²) in [6.07, 6.45) is 1.84. The minimum absolute atomic E-state index is 0.111. The zero-order valence-corrected chi connectivity index (χ0v) is 14.6. The first-order valence-electron chi connectivity index (χ1n) is 8.04. The number of hydrogen-bond acceptors (Lipinski definition) is 3. The molecule has 0 saturated carbocycles. The Balaban J connectivity index is 2.14. The summed E-state index contributed by atoms with van der Waals surface area (Å²) in [5.41, 5.74) is 11.5. The van der Waals surface area contributed by atoms with E-state index >= 15 is 0 Å². The van der Waals surface area contributed by atoms with Gasteiger partial charge in [0, 0.05) is 28.2 Å². The number of fused-ring (bicyclic) bond motifs is 1. The molecular formula is C19H23N3O2. The molecule has 0 bridgehead atoms. The first kappa shape index (κ1) is 16.3. The number of rotatable bonds is 3. The van der Waals surface area contributed by atoms with Crippen molar-refractivity contribution in [1.82, 2.24) is 4.57 Å². The van der Waals surface area contributed by atoms with Gasteiger partial charge in [0.1, 0.15) is 7.11 Å². The minimum Gasteiger partial charge on any atom is -0.399 e. The lowest BCUT2D eigenvalue weighted by Crippen LogP contribution is -2.28. The van der Waals surface area contributed by atoms with Gasteiger partial charge in [0.2, 0.25) is 5.91 Å². The van der Waals surface area contributed by atoms with Crippen molar-refractivity contribution in [3.05, 3.63) is 52.8 Å². The minimum atomic E-state index is -0.413. The molecule has 2 aromatic rings. The highest BCUT2D eigenvalue weighted by Gasteiger charge is 2.33. The lowest BCUT2D eigenvalue weighted by molar-refractivity contribution is 0.100. The van der Waals surface area contributed by atoms with Crippen molar-refractivity contribution in [3.63, 3.8) is 0 Å². The average molecular weight is 325 g/mol. The topological polar surface area (TPSA) is 69.6 Å². The number of carbonyl (C=O) groups is 1. The van der Waals surface area contributed by atoms with Gasteiger partial charge < -0.3 is 15.1 Å². The molecule has 0 unspecified atom stereocenters. The van der Waals surface area contributed by atoms with E-state index in [9.17, 15) is 4.79 Å². The standard InChI is InChI=1S/C19H23N3O2/c1-12-9-15-16(21-24-4)10-19(2,3)11-17(15)22(12)14-7-5-13(6-8-14)18(20)23/h5-9H,10-11H2,1-4H3,(H2,20,23)/b21-16+. The maximum atomic E-state index is 11.3. The number of aryl methyl sites for hydroxylation is 1. The van der Waals surface area contributed by atoms with Crippen LogP contribution in [0.25, 0.3) is 5.69 Å². The van der Waals surface area contributed by atoms with Crippen molar-refractivity contribution < 1.29 is 9.63 Å². The number of nitrogens with two attached hydrogens (primary N) is 1. The van der Waals surface area contributed by atoms with Crippen molar-refractivity contribution in [1.29, 1.82) is 0 Å². The van der Waals surface area contributed by atoms with Crippen LogP contribution in [-0.2, 0) is 11.3 Å². The second-order valence-electron chi connectivity index (χ2n) is 7.13. The van der Waals surface area contributed by atoms with Crippen LogP contribution in [0.1, 0.15) is 47.6 Å². The fourth-order valence-electron chi connectivity index (χ4n) is 3.50. The lowest BCUT2D eigenvalue weighted by Gasteiger charge is -2.31. The van der Waals surface area contributed by atoms with Gasteiger partial charge in [-0.2, -0.15) is 0 Å². The van der Waals surface area contributed by atoms with E-state index < -0.39 is 5.91 Å². The molecule has 1 aromatic heterocycles. The van der Waals surface area contributed by atoms with E-state index in [4.69, 9.17) is 10.6 Å². The van der Waals surface area contributed by atoms with Gasteiger partial charge in [-0.1, -0.05) is 19.0 Å². The second-order valence-corrected chi connectivity index (χ2v) is 7.13. The van der Waals surface area contributed by atoms with Crippen molar-refractivity contribution in [3.8, 4) is 5.69 Å². The van der Waals surface area contributed by atoms with E-state index in [1.165, 1.54) is 5.69 Å². The zero-order valence-electron chi connectivity index (χ0n) is 14.6. The van der Waals surface area contributed by atoms with Gasteiger partial charge in [-0.25, -0.2) is 0 Å². The molecule has 0 radical (unpaired) electrons. The quantitative estimate of drug-likeness (QED) is 0.880. The van der Waals surface area contributed by atoms with Crippen LogP contribution in [0.5, 0.6) is 0 Å². The molecule has 3 rings (SSSR count). The number of amides is 1. The van der Waals surface area contributed by atoms with Crippen LogP contribution in [0, 0.1) is 12.3 Å². The number of oxime groups is 1. The summed E-state index contributed by atoms with van der Waals surface area (Å²) in [7, 11) is 1.58. The molecular weight excluding hydrogens is 302 g/mol. The van der Waals surface area contributed by atoms with Crippen LogP contribution in [0.4, 0.5) is 0 Å². The van der Waals surface area contributed by atoms with Crippen LogP contribution in [0.3, 0.4) is 0 Å². The molecule has 0 atom stereocenters. The fourth-order valence-corrected chi connectivity index (χ4v) is 3.50. The van der Waals surface area contributed by atoms with Crippen LogP contribution in [0.15, 0.2) is 35.5 Å². The smallest absolute Gasteiger partial charge is 0.248 e. The van der Waals surface area contributed by atoms with Crippen LogP contribution in [0.2, 0.25) is 0 Å². The van der Waals surface area contributed by atoms with Crippen molar-refractivity contribution in [2.45, 2.75) is 33.6 Å². The number of aromatic nitrogens is 1. The third-order valence-corrected chi connectivity index (χ3v) is 4.50. The van der Waals surface area contributed by atoms with Gasteiger partial charge in [0.05, 0.1) is 5.71 Å². The molecule has 1 amide bonds. The van der Waals surface area contributed by atoms with Crippen LogP contribution < -0.4 is 5.73 Å². The summed E-state index contributed by atoms with van der Waals surface area (Å²) in [6.45, 7) is 6.56. The monoisotopic (exact) mass is 325 g/mol. The van der Waals surface area contributed by atoms with Crippen LogP contribution >= 0.6 is 0 Å². The van der Waals surface area contributed by atoms with E-state index in [1.807, 2.05) is 12.1 Å². The molecule has 1 aliphatic rings. The molecule has 0 saturated heterocycles. The molecule has 5 heteroatoms. The molecule has 0 fully saturated rings. The average Bonchev–Trinajstić information content (AvgIpc) is 2.82. The fraction of sp³-hybridized carbons (Fsp3) is 0.368. The summed E-state index contributed by atoms with van der Waals surface area (Å²) in [6, 6.07) is 9.55. The SMILES string of the molecule is CO/N=C1\CC(C)(C)Cc2c1cc(C)n2-c1ccc(C(N)=O)cc1. The highest BCUT2D eigenvalue weighted by Crippen LogP contribution is 2.38. The second kappa shape index (κ2) is 5.82. The zero-order chi connectivity index (χ0) is 17.5. The molecule has 24 heavy (non-hydrogen) atoms. The van der Waals surface area contributed by atoms with Crippen LogP contribution in [-0.4, -0.2) is 23.3 Å². The third kappa shape index (κ3) is 2.82. The molecule has 5 nitrogen and oxygen atoms in total. The summed E-state index contributed by atoms with van der Waals surface area (Å²) in [4.78, 5) is 16.3. The van der Waals surface area contributed by atoms with Crippen molar-refractivity contribution in [2.24, 2.45) is 16.3 Å². The van der Waals surface area contributed by atoms with E-state index in [1.54, 1.807) is 19.2 Å². The number of nitrogens with zero attached hydrogens (tertiary/aromatic N) is 2. The van der Waals surface area contributed by atoms with E-state index in [2.05, 4.69) is 36.6 Å². The normalized spacial score (nSPS) is 17.6. The molecule has 2 N–H and O–H groups in total. The Morgan fingerprint density at radius 3 is 2.50 bits per heavy atom. The largest absolute Gasteiger partial charge is 0.399 e. The molecule has 1 aliphatic carbocycles. The Kier molecular flexibility index (Phi) is 3.95. The summed E-state index contributed by atoms with van der Waals surface area (Å²) < 4.78 is 2.23. The van der Waals surface area contributed by atoms with E-state index in [0.717, 1.165) is 35.5 Å². The van der Waals surface area contributed by atoms with Gasteiger partial charge >= 0.3 is 0 Å². The first-order valence-corrected chi connectivity index (χ1v) is 8.04. The molecule has 0 aliphatic heterocycles. The van der Waals surface area contributed by atoms with Gasteiger partial charge in [-0.3, -0.25) is 4.79 Å².